The first-order chi connectivity index (χ1) is 12.7. The van der Waals surface area contributed by atoms with Gasteiger partial charge in [0.25, 0.3) is 11.8 Å². The van der Waals surface area contributed by atoms with E-state index in [0.29, 0.717) is 0 Å². The number of amides is 2. The van der Waals surface area contributed by atoms with Crippen molar-refractivity contribution in [3.05, 3.63) is 59.9 Å². The number of halogens is 4. The van der Waals surface area contributed by atoms with Gasteiger partial charge in [0.1, 0.15) is 18.1 Å². The van der Waals surface area contributed by atoms with Crippen LogP contribution in [0, 0.1) is 5.82 Å². The Labute approximate surface area is 152 Å². The quantitative estimate of drug-likeness (QED) is 0.749. The van der Waals surface area contributed by atoms with Gasteiger partial charge in [-0.05, 0) is 43.3 Å². The number of anilines is 1. The number of nitrogens with one attached hydrogen (secondary N) is 2. The fraction of sp³-hybridized carbons (Fsp3) is 0.222. The lowest BCUT2D eigenvalue weighted by Gasteiger charge is -2.16. The van der Waals surface area contributed by atoms with Crippen LogP contribution in [-0.2, 0) is 4.79 Å². The molecule has 0 spiro atoms. The van der Waals surface area contributed by atoms with E-state index in [9.17, 15) is 27.2 Å². The molecule has 9 heteroatoms. The van der Waals surface area contributed by atoms with Gasteiger partial charge in [0.15, 0.2) is 6.10 Å². The third kappa shape index (κ3) is 6.28. The predicted octanol–water partition coefficient (Wildman–Crippen LogP) is 3.52. The zero-order chi connectivity index (χ0) is 20.0. The minimum Gasteiger partial charge on any atom is -0.481 e. The summed E-state index contributed by atoms with van der Waals surface area (Å²) in [6.07, 6.45) is -5.55. The van der Waals surface area contributed by atoms with Crippen LogP contribution in [0.2, 0.25) is 0 Å². The van der Waals surface area contributed by atoms with Crippen molar-refractivity contribution in [2.24, 2.45) is 0 Å². The third-order valence-corrected chi connectivity index (χ3v) is 3.37. The molecule has 2 aromatic rings. The molecule has 2 N–H and O–H groups in total. The van der Waals surface area contributed by atoms with Crippen LogP contribution >= 0.6 is 0 Å². The fourth-order valence-electron chi connectivity index (χ4n) is 2.07. The maximum Gasteiger partial charge on any atom is 0.405 e. The summed E-state index contributed by atoms with van der Waals surface area (Å²) in [6, 6.07) is 10.7. The number of hydrogen-bond acceptors (Lipinski definition) is 3. The average molecular weight is 384 g/mol. The Bertz CT molecular complexity index is 807. The normalized spacial score (nSPS) is 12.2. The van der Waals surface area contributed by atoms with E-state index in [4.69, 9.17) is 4.74 Å². The van der Waals surface area contributed by atoms with Gasteiger partial charge in [-0.15, -0.1) is 0 Å². The van der Waals surface area contributed by atoms with Gasteiger partial charge in [0, 0.05) is 0 Å². The summed E-state index contributed by atoms with van der Waals surface area (Å²) >= 11 is 0. The molecule has 0 heterocycles. The van der Waals surface area contributed by atoms with Crippen molar-refractivity contribution in [3.8, 4) is 5.75 Å². The van der Waals surface area contributed by atoms with E-state index in [-0.39, 0.29) is 17.0 Å². The Kier molecular flexibility index (Phi) is 6.38. The third-order valence-electron chi connectivity index (χ3n) is 3.37. The molecule has 0 aliphatic carbocycles. The predicted molar refractivity (Wildman–Crippen MR) is 89.9 cm³/mol. The van der Waals surface area contributed by atoms with E-state index in [2.05, 4.69) is 5.32 Å². The Hall–Kier alpha value is -3.10. The van der Waals surface area contributed by atoms with Crippen LogP contribution in [0.5, 0.6) is 5.75 Å². The second kappa shape index (κ2) is 8.52. The molecular formula is C18H16F4N2O3. The summed E-state index contributed by atoms with van der Waals surface area (Å²) in [4.78, 5) is 24.2. The van der Waals surface area contributed by atoms with Gasteiger partial charge >= 0.3 is 6.18 Å². The molecule has 2 amide bonds. The molecule has 0 fully saturated rings. The molecule has 2 rings (SSSR count). The fourth-order valence-corrected chi connectivity index (χ4v) is 2.07. The number of para-hydroxylation sites is 1. The molecule has 2 aromatic carbocycles. The van der Waals surface area contributed by atoms with Crippen molar-refractivity contribution in [2.45, 2.75) is 19.2 Å². The molecule has 0 saturated heterocycles. The van der Waals surface area contributed by atoms with E-state index >= 15 is 0 Å². The smallest absolute Gasteiger partial charge is 0.405 e. The number of benzene rings is 2. The maximum absolute atomic E-state index is 12.9. The number of hydrogen-bond donors (Lipinski definition) is 2. The molecule has 1 unspecified atom stereocenters. The van der Waals surface area contributed by atoms with Crippen LogP contribution in [0.25, 0.3) is 0 Å². The van der Waals surface area contributed by atoms with E-state index in [1.807, 2.05) is 0 Å². The summed E-state index contributed by atoms with van der Waals surface area (Å²) in [5, 5.41) is 4.18. The number of alkyl halides is 3. The van der Waals surface area contributed by atoms with Crippen LogP contribution in [0.1, 0.15) is 17.3 Å². The monoisotopic (exact) mass is 384 g/mol. The number of rotatable bonds is 6. The Morgan fingerprint density at radius 3 is 2.33 bits per heavy atom. The molecular weight excluding hydrogens is 368 g/mol. The van der Waals surface area contributed by atoms with Crippen LogP contribution < -0.4 is 15.4 Å². The molecule has 0 saturated carbocycles. The van der Waals surface area contributed by atoms with Gasteiger partial charge in [0.05, 0.1) is 11.3 Å². The van der Waals surface area contributed by atoms with Gasteiger partial charge in [-0.3, -0.25) is 9.59 Å². The van der Waals surface area contributed by atoms with Crippen LogP contribution in [0.15, 0.2) is 48.5 Å². The summed E-state index contributed by atoms with van der Waals surface area (Å²) < 4.78 is 55.0. The molecule has 144 valence electrons. The first-order valence-electron chi connectivity index (χ1n) is 7.83. The molecule has 1 atom stereocenters. The Morgan fingerprint density at radius 2 is 1.70 bits per heavy atom. The standard InChI is InChI=1S/C18H16F4N2O3/c1-11(27-13-8-6-12(19)7-9-13)16(25)24-15-5-3-2-4-14(15)17(26)23-10-18(20,21)22/h2-9,11H,10H2,1H3,(H,23,26)(H,24,25). The molecule has 0 bridgehead atoms. The van der Waals surface area contributed by atoms with Gasteiger partial charge in [-0.25, -0.2) is 4.39 Å². The topological polar surface area (TPSA) is 67.4 Å². The minimum absolute atomic E-state index is 0.0386. The molecule has 27 heavy (non-hydrogen) atoms. The minimum atomic E-state index is -4.55. The highest BCUT2D eigenvalue weighted by molar-refractivity contribution is 6.04. The lowest BCUT2D eigenvalue weighted by Crippen LogP contribution is -2.35. The van der Waals surface area contributed by atoms with Crippen molar-refractivity contribution >= 4 is 17.5 Å². The Morgan fingerprint density at radius 1 is 1.07 bits per heavy atom. The van der Waals surface area contributed by atoms with E-state index < -0.39 is 36.5 Å². The molecule has 0 aliphatic rings. The van der Waals surface area contributed by atoms with E-state index in [1.54, 1.807) is 5.32 Å². The average Bonchev–Trinajstić information content (AvgIpc) is 2.61. The lowest BCUT2D eigenvalue weighted by molar-refractivity contribution is -0.123. The number of ether oxygens (including phenoxy) is 1. The van der Waals surface area contributed by atoms with Gasteiger partial charge in [-0.1, -0.05) is 12.1 Å². The van der Waals surface area contributed by atoms with Crippen molar-refractivity contribution in [1.29, 1.82) is 0 Å². The lowest BCUT2D eigenvalue weighted by atomic mass is 10.1. The van der Waals surface area contributed by atoms with Gasteiger partial charge in [0.2, 0.25) is 0 Å². The zero-order valence-electron chi connectivity index (χ0n) is 14.1. The molecule has 0 aromatic heterocycles. The highest BCUT2D eigenvalue weighted by Gasteiger charge is 2.28. The first kappa shape index (κ1) is 20.2. The summed E-state index contributed by atoms with van der Waals surface area (Å²) in [7, 11) is 0. The summed E-state index contributed by atoms with van der Waals surface area (Å²) in [5.74, 6) is -1.81. The van der Waals surface area contributed by atoms with Crippen LogP contribution in [0.3, 0.4) is 0 Å². The van der Waals surface area contributed by atoms with E-state index in [0.717, 1.165) is 0 Å². The van der Waals surface area contributed by atoms with Crippen molar-refractivity contribution < 1.29 is 31.9 Å². The number of carbonyl (C=O) groups is 2. The van der Waals surface area contributed by atoms with E-state index in [1.165, 1.54) is 55.5 Å². The SMILES string of the molecule is CC(Oc1ccc(F)cc1)C(=O)Nc1ccccc1C(=O)NCC(F)(F)F. The first-order valence-corrected chi connectivity index (χ1v) is 7.83. The second-order valence-corrected chi connectivity index (χ2v) is 5.55. The summed E-state index contributed by atoms with van der Waals surface area (Å²) in [6.45, 7) is -0.0524. The largest absolute Gasteiger partial charge is 0.481 e. The molecule has 0 aliphatic heterocycles. The highest BCUT2D eigenvalue weighted by Crippen LogP contribution is 2.18. The molecule has 5 nitrogen and oxygen atoms in total. The molecule has 0 radical (unpaired) electrons. The summed E-state index contributed by atoms with van der Waals surface area (Å²) in [5.41, 5.74) is -0.0826. The second-order valence-electron chi connectivity index (χ2n) is 5.55. The van der Waals surface area contributed by atoms with Crippen LogP contribution in [-0.4, -0.2) is 30.6 Å². The zero-order valence-corrected chi connectivity index (χ0v) is 14.1. The Balaban J connectivity index is 2.04. The van der Waals surface area contributed by atoms with Crippen molar-refractivity contribution in [1.82, 2.24) is 5.32 Å². The van der Waals surface area contributed by atoms with Gasteiger partial charge in [-0.2, -0.15) is 13.2 Å². The highest BCUT2D eigenvalue weighted by atomic mass is 19.4. The number of carbonyl (C=O) groups excluding carboxylic acids is 2. The van der Waals surface area contributed by atoms with Crippen LogP contribution in [0.4, 0.5) is 23.2 Å². The van der Waals surface area contributed by atoms with Crippen molar-refractivity contribution in [3.63, 3.8) is 0 Å². The van der Waals surface area contributed by atoms with Gasteiger partial charge < -0.3 is 15.4 Å². The maximum atomic E-state index is 12.9. The van der Waals surface area contributed by atoms with Crippen molar-refractivity contribution in [2.75, 3.05) is 11.9 Å².